The molecule has 6 heteroatoms. The molecular formula is C20H32N6. The molecule has 2 N–H and O–H groups in total. The van der Waals surface area contributed by atoms with Crippen molar-refractivity contribution in [1.82, 2.24) is 19.9 Å². The number of H-pyrrole nitrogens is 2. The van der Waals surface area contributed by atoms with Crippen LogP contribution in [-0.2, 0) is 0 Å². The molecule has 0 atom stereocenters. The van der Waals surface area contributed by atoms with Gasteiger partial charge in [-0.25, -0.2) is 9.97 Å². The van der Waals surface area contributed by atoms with Crippen LogP contribution in [0.5, 0.6) is 0 Å². The summed E-state index contributed by atoms with van der Waals surface area (Å²) in [5.41, 5.74) is 1.96. The number of unbranched alkanes of at least 4 members (excludes halogenated alkanes) is 9. The van der Waals surface area contributed by atoms with Gasteiger partial charge >= 0.3 is 0 Å². The second-order valence-corrected chi connectivity index (χ2v) is 6.62. The number of imidazole rings is 2. The molecule has 2 aromatic heterocycles. The lowest BCUT2D eigenvalue weighted by molar-refractivity contribution is 0.555. The monoisotopic (exact) mass is 356 g/mol. The second kappa shape index (κ2) is 14.0. The van der Waals surface area contributed by atoms with Crippen LogP contribution in [0.1, 0.15) is 75.6 Å². The molecule has 2 rings (SSSR count). The Balaban J connectivity index is 1.28. The van der Waals surface area contributed by atoms with E-state index in [0.717, 1.165) is 24.5 Å². The molecule has 0 bridgehead atoms. The fourth-order valence-electron chi connectivity index (χ4n) is 2.82. The van der Waals surface area contributed by atoms with Gasteiger partial charge in [0.1, 0.15) is 0 Å². The third kappa shape index (κ3) is 9.91. The van der Waals surface area contributed by atoms with Crippen LogP contribution in [0.15, 0.2) is 35.0 Å². The van der Waals surface area contributed by atoms with Crippen molar-refractivity contribution in [2.75, 3.05) is 13.1 Å². The highest BCUT2D eigenvalue weighted by Gasteiger charge is 1.93. The van der Waals surface area contributed by atoms with Crippen molar-refractivity contribution >= 4 is 12.4 Å². The average molecular weight is 357 g/mol. The van der Waals surface area contributed by atoms with Gasteiger partial charge < -0.3 is 9.97 Å². The van der Waals surface area contributed by atoms with Gasteiger partial charge in [0.2, 0.25) is 0 Å². The highest BCUT2D eigenvalue weighted by Crippen LogP contribution is 2.10. The first-order chi connectivity index (χ1) is 12.9. The highest BCUT2D eigenvalue weighted by atomic mass is 14.9. The molecule has 0 aliphatic rings. The predicted octanol–water partition coefficient (Wildman–Crippen LogP) is 4.57. The molecule has 0 unspecified atom stereocenters. The fraction of sp³-hybridized carbons (Fsp3) is 0.600. The summed E-state index contributed by atoms with van der Waals surface area (Å²) in [7, 11) is 0. The third-order valence-electron chi connectivity index (χ3n) is 4.32. The van der Waals surface area contributed by atoms with Gasteiger partial charge in [-0.1, -0.05) is 51.4 Å². The summed E-state index contributed by atoms with van der Waals surface area (Å²) in [5, 5.41) is 0. The summed E-state index contributed by atoms with van der Waals surface area (Å²) in [6.45, 7) is 1.84. The van der Waals surface area contributed by atoms with E-state index in [4.69, 9.17) is 0 Å². The smallest absolute Gasteiger partial charge is 0.0924 e. The van der Waals surface area contributed by atoms with Gasteiger partial charge in [0.25, 0.3) is 0 Å². The van der Waals surface area contributed by atoms with Gasteiger partial charge in [-0.05, 0) is 12.8 Å². The number of aliphatic imine (C=N–C) groups is 2. The van der Waals surface area contributed by atoms with Crippen molar-refractivity contribution in [1.29, 1.82) is 0 Å². The maximum atomic E-state index is 4.41. The summed E-state index contributed by atoms with van der Waals surface area (Å²) < 4.78 is 0. The minimum atomic E-state index is 0.919. The van der Waals surface area contributed by atoms with E-state index in [9.17, 15) is 0 Å². The van der Waals surface area contributed by atoms with Crippen LogP contribution in [0, 0.1) is 0 Å². The standard InChI is InChI=1S/C20H32N6/c1(3-5-7-9-11-21-13-19-15-23-17-25-19)2-4-6-8-10-12-22-14-20-16-24-18-26-20/h13-18H,1-12H2,(H,23,25)(H,24,26). The first-order valence-electron chi connectivity index (χ1n) is 9.91. The first-order valence-corrected chi connectivity index (χ1v) is 9.91. The van der Waals surface area contributed by atoms with Crippen molar-refractivity contribution in [3.8, 4) is 0 Å². The number of hydrogen-bond donors (Lipinski definition) is 2. The van der Waals surface area contributed by atoms with Gasteiger partial charge in [-0.3, -0.25) is 9.98 Å². The summed E-state index contributed by atoms with van der Waals surface area (Å²) in [6, 6.07) is 0. The molecule has 6 nitrogen and oxygen atoms in total. The van der Waals surface area contributed by atoms with E-state index in [1.165, 1.54) is 64.2 Å². The zero-order valence-corrected chi connectivity index (χ0v) is 15.7. The fourth-order valence-corrected chi connectivity index (χ4v) is 2.82. The van der Waals surface area contributed by atoms with E-state index < -0.39 is 0 Å². The summed E-state index contributed by atoms with van der Waals surface area (Å²) in [5.74, 6) is 0. The number of rotatable bonds is 15. The van der Waals surface area contributed by atoms with E-state index in [1.807, 2.05) is 12.4 Å². The quantitative estimate of drug-likeness (QED) is 0.362. The van der Waals surface area contributed by atoms with E-state index >= 15 is 0 Å². The molecule has 2 heterocycles. The molecule has 0 saturated carbocycles. The maximum Gasteiger partial charge on any atom is 0.0924 e. The van der Waals surface area contributed by atoms with Crippen LogP contribution < -0.4 is 0 Å². The Labute approximate surface area is 156 Å². The van der Waals surface area contributed by atoms with Gasteiger partial charge in [-0.15, -0.1) is 0 Å². The Morgan fingerprint density at radius 2 is 1.00 bits per heavy atom. The molecule has 26 heavy (non-hydrogen) atoms. The van der Waals surface area contributed by atoms with E-state index in [2.05, 4.69) is 29.9 Å². The van der Waals surface area contributed by atoms with Crippen LogP contribution in [0.25, 0.3) is 0 Å². The van der Waals surface area contributed by atoms with Gasteiger partial charge in [0, 0.05) is 25.5 Å². The molecule has 0 spiro atoms. The molecule has 0 aliphatic carbocycles. The molecule has 0 radical (unpaired) electrons. The van der Waals surface area contributed by atoms with Crippen LogP contribution in [0.4, 0.5) is 0 Å². The molecule has 0 saturated heterocycles. The van der Waals surface area contributed by atoms with Crippen molar-refractivity contribution in [2.45, 2.75) is 64.2 Å². The zero-order valence-electron chi connectivity index (χ0n) is 15.7. The third-order valence-corrected chi connectivity index (χ3v) is 4.32. The lowest BCUT2D eigenvalue weighted by atomic mass is 10.1. The van der Waals surface area contributed by atoms with E-state index in [0.29, 0.717) is 0 Å². The Bertz CT molecular complexity index is 532. The van der Waals surface area contributed by atoms with E-state index in [-0.39, 0.29) is 0 Å². The highest BCUT2D eigenvalue weighted by molar-refractivity contribution is 5.76. The zero-order chi connectivity index (χ0) is 18.1. The molecule has 0 fully saturated rings. The maximum absolute atomic E-state index is 4.41. The summed E-state index contributed by atoms with van der Waals surface area (Å²) >= 11 is 0. The van der Waals surface area contributed by atoms with Gasteiger partial charge in [-0.2, -0.15) is 0 Å². The minimum absolute atomic E-state index is 0.919. The minimum Gasteiger partial charge on any atom is -0.344 e. The number of nitrogens with one attached hydrogen (secondary N) is 2. The van der Waals surface area contributed by atoms with Crippen LogP contribution >= 0.6 is 0 Å². The largest absolute Gasteiger partial charge is 0.344 e. The van der Waals surface area contributed by atoms with Crippen molar-refractivity contribution in [3.05, 3.63) is 36.4 Å². The molecule has 0 aromatic carbocycles. The topological polar surface area (TPSA) is 82.1 Å². The lowest BCUT2D eigenvalue weighted by Gasteiger charge is -2.01. The van der Waals surface area contributed by atoms with Crippen LogP contribution in [0.2, 0.25) is 0 Å². The normalized spacial score (nSPS) is 11.8. The van der Waals surface area contributed by atoms with Crippen LogP contribution in [0.3, 0.4) is 0 Å². The van der Waals surface area contributed by atoms with Crippen LogP contribution in [-0.4, -0.2) is 45.5 Å². The van der Waals surface area contributed by atoms with Crippen molar-refractivity contribution in [2.24, 2.45) is 9.98 Å². The molecule has 0 aliphatic heterocycles. The average Bonchev–Trinajstić information content (AvgIpc) is 3.35. The summed E-state index contributed by atoms with van der Waals surface area (Å²) in [4.78, 5) is 22.8. The van der Waals surface area contributed by atoms with E-state index in [1.54, 1.807) is 25.0 Å². The van der Waals surface area contributed by atoms with Crippen molar-refractivity contribution < 1.29 is 0 Å². The van der Waals surface area contributed by atoms with Gasteiger partial charge in [0.05, 0.1) is 36.4 Å². The molecular weight excluding hydrogens is 324 g/mol. The number of aromatic nitrogens is 4. The lowest BCUT2D eigenvalue weighted by Crippen LogP contribution is -1.87. The molecule has 142 valence electrons. The Morgan fingerprint density at radius 1 is 0.615 bits per heavy atom. The molecule has 0 amide bonds. The Hall–Kier alpha value is -2.24. The molecule has 2 aromatic rings. The number of aromatic amines is 2. The SMILES string of the molecule is C(=NCCCCCCCCCCCCN=Cc1cnc[nH]1)c1cnc[nH]1. The number of hydrogen-bond acceptors (Lipinski definition) is 4. The Morgan fingerprint density at radius 3 is 1.35 bits per heavy atom. The van der Waals surface area contributed by atoms with Gasteiger partial charge in [0.15, 0.2) is 0 Å². The predicted molar refractivity (Wildman–Crippen MR) is 108 cm³/mol. The Kier molecular flexibility index (Phi) is 10.8. The van der Waals surface area contributed by atoms with Crippen molar-refractivity contribution in [3.63, 3.8) is 0 Å². The number of nitrogens with zero attached hydrogens (tertiary/aromatic N) is 4. The second-order valence-electron chi connectivity index (χ2n) is 6.62. The first kappa shape index (κ1) is 20.1. The summed E-state index contributed by atoms with van der Waals surface area (Å²) in [6.07, 6.45) is 23.8.